The highest BCUT2D eigenvalue weighted by atomic mass is 16.5. The number of rotatable bonds is 2. The van der Waals surface area contributed by atoms with Gasteiger partial charge in [0.1, 0.15) is 0 Å². The maximum atomic E-state index is 13.2. The van der Waals surface area contributed by atoms with Gasteiger partial charge in [-0.25, -0.2) is 14.8 Å². The number of fused-ring (bicyclic) bond motifs is 2. The van der Waals surface area contributed by atoms with Gasteiger partial charge in [0, 0.05) is 24.7 Å². The number of anilines is 1. The van der Waals surface area contributed by atoms with Gasteiger partial charge in [0.2, 0.25) is 5.95 Å². The minimum absolute atomic E-state index is 0.148. The summed E-state index contributed by atoms with van der Waals surface area (Å²) in [6.45, 7) is 1.23. The fourth-order valence-corrected chi connectivity index (χ4v) is 4.39. The molecule has 1 unspecified atom stereocenters. The van der Waals surface area contributed by atoms with E-state index in [0.717, 1.165) is 36.9 Å². The first-order chi connectivity index (χ1) is 13.0. The number of nitrogens with two attached hydrogens (primary N) is 1. The number of esters is 1. The number of amides is 1. The summed E-state index contributed by atoms with van der Waals surface area (Å²) < 4.78 is 4.83. The van der Waals surface area contributed by atoms with E-state index in [1.54, 1.807) is 30.5 Å². The number of aromatic nitrogens is 2. The van der Waals surface area contributed by atoms with Gasteiger partial charge < -0.3 is 15.4 Å². The Kier molecular flexibility index (Phi) is 4.30. The van der Waals surface area contributed by atoms with Gasteiger partial charge >= 0.3 is 5.97 Å². The first-order valence-electron chi connectivity index (χ1n) is 9.12. The number of methoxy groups -OCH3 is 1. The first-order valence-corrected chi connectivity index (χ1v) is 9.12. The lowest BCUT2D eigenvalue weighted by Gasteiger charge is -2.40. The van der Waals surface area contributed by atoms with Crippen LogP contribution in [0.4, 0.5) is 5.95 Å². The molecule has 1 saturated heterocycles. The van der Waals surface area contributed by atoms with Crippen molar-refractivity contribution in [2.75, 3.05) is 25.9 Å². The van der Waals surface area contributed by atoms with Gasteiger partial charge in [-0.2, -0.15) is 0 Å². The van der Waals surface area contributed by atoms with Gasteiger partial charge in [0.25, 0.3) is 5.91 Å². The molecule has 0 radical (unpaired) electrons. The Morgan fingerprint density at radius 1 is 1.22 bits per heavy atom. The van der Waals surface area contributed by atoms with Gasteiger partial charge in [-0.1, -0.05) is 12.1 Å². The van der Waals surface area contributed by atoms with Crippen LogP contribution in [0.3, 0.4) is 0 Å². The van der Waals surface area contributed by atoms with Crippen LogP contribution in [0.15, 0.2) is 30.5 Å². The second-order valence-corrected chi connectivity index (χ2v) is 7.25. The topological polar surface area (TPSA) is 98.4 Å². The van der Waals surface area contributed by atoms with Crippen LogP contribution in [-0.2, 0) is 16.6 Å². The van der Waals surface area contributed by atoms with Gasteiger partial charge in [0.15, 0.2) is 0 Å². The Labute approximate surface area is 157 Å². The number of nitrogen functional groups attached to an aromatic ring is 1. The number of benzene rings is 1. The highest BCUT2D eigenvalue weighted by Gasteiger charge is 2.45. The zero-order chi connectivity index (χ0) is 19.0. The van der Waals surface area contributed by atoms with Gasteiger partial charge in [0.05, 0.1) is 23.9 Å². The third-order valence-corrected chi connectivity index (χ3v) is 5.69. The molecule has 2 N–H and O–H groups in total. The summed E-state index contributed by atoms with van der Waals surface area (Å²) in [7, 11) is 1.32. The first kappa shape index (κ1) is 17.5. The van der Waals surface area contributed by atoms with E-state index in [1.807, 2.05) is 4.90 Å². The molecular weight excluding hydrogens is 344 g/mol. The summed E-state index contributed by atoms with van der Waals surface area (Å²) in [4.78, 5) is 35.7. The molecule has 1 atom stereocenters. The maximum Gasteiger partial charge on any atom is 0.338 e. The molecule has 140 valence electrons. The van der Waals surface area contributed by atoms with E-state index in [2.05, 4.69) is 9.97 Å². The van der Waals surface area contributed by atoms with Crippen LogP contribution in [0, 0.1) is 0 Å². The normalized spacial score (nSPS) is 21.1. The van der Waals surface area contributed by atoms with Crippen LogP contribution in [-0.4, -0.2) is 46.9 Å². The smallest absolute Gasteiger partial charge is 0.338 e. The van der Waals surface area contributed by atoms with E-state index in [-0.39, 0.29) is 17.3 Å². The number of carbonyl (C=O) groups excluding carboxylic acids is 2. The summed E-state index contributed by atoms with van der Waals surface area (Å²) in [5.41, 5.74) is 8.41. The fraction of sp³-hybridized carbons (Fsp3) is 0.400. The number of hydrogen-bond acceptors (Lipinski definition) is 6. The Balaban J connectivity index is 1.65. The van der Waals surface area contributed by atoms with Crippen LogP contribution in [0.5, 0.6) is 0 Å². The monoisotopic (exact) mass is 366 g/mol. The van der Waals surface area contributed by atoms with Crippen molar-refractivity contribution >= 4 is 17.8 Å². The molecular formula is C20H22N4O3. The maximum absolute atomic E-state index is 13.2. The molecule has 1 fully saturated rings. The number of hydrogen-bond donors (Lipinski definition) is 1. The Morgan fingerprint density at radius 2 is 2.00 bits per heavy atom. The summed E-state index contributed by atoms with van der Waals surface area (Å²) in [6, 6.07) is 6.79. The standard InChI is InChI=1S/C20H22N4O3/c1-27-18(26)15-6-3-2-5-14(15)17(25)24-10-4-8-20(12-24)9-7-13-11-22-19(21)23-16(13)20/h2-3,5-6,11H,4,7-10,12H2,1H3,(H2,21,22,23). The molecule has 7 nitrogen and oxygen atoms in total. The zero-order valence-electron chi connectivity index (χ0n) is 15.3. The molecule has 2 aromatic rings. The van der Waals surface area contributed by atoms with Crippen molar-refractivity contribution in [2.24, 2.45) is 0 Å². The van der Waals surface area contributed by atoms with Gasteiger partial charge in [-0.3, -0.25) is 4.79 Å². The number of aryl methyl sites for hydroxylation is 1. The minimum Gasteiger partial charge on any atom is -0.465 e. The van der Waals surface area contributed by atoms with Crippen molar-refractivity contribution in [3.8, 4) is 0 Å². The number of piperidine rings is 1. The van der Waals surface area contributed by atoms with Crippen LogP contribution >= 0.6 is 0 Å². The van der Waals surface area contributed by atoms with Crippen molar-refractivity contribution in [3.05, 3.63) is 52.8 Å². The number of ether oxygens (including phenoxy) is 1. The molecule has 0 saturated carbocycles. The van der Waals surface area contributed by atoms with Crippen LogP contribution in [0.25, 0.3) is 0 Å². The number of nitrogens with zero attached hydrogens (tertiary/aromatic N) is 3. The third kappa shape index (κ3) is 2.93. The molecule has 1 aliphatic heterocycles. The van der Waals surface area contributed by atoms with Crippen LogP contribution in [0.1, 0.15) is 51.2 Å². The van der Waals surface area contributed by atoms with Gasteiger partial charge in [-0.15, -0.1) is 0 Å². The van der Waals surface area contributed by atoms with Crippen molar-refractivity contribution < 1.29 is 14.3 Å². The van der Waals surface area contributed by atoms with Crippen LogP contribution < -0.4 is 5.73 Å². The zero-order valence-corrected chi connectivity index (χ0v) is 15.3. The molecule has 7 heteroatoms. The minimum atomic E-state index is -0.502. The number of likely N-dealkylation sites (tertiary alicyclic amines) is 1. The Bertz CT molecular complexity index is 910. The summed E-state index contributed by atoms with van der Waals surface area (Å²) in [5, 5.41) is 0. The summed E-state index contributed by atoms with van der Waals surface area (Å²) in [6.07, 6.45) is 5.49. The Morgan fingerprint density at radius 3 is 2.78 bits per heavy atom. The van der Waals surface area contributed by atoms with E-state index in [0.29, 0.717) is 24.2 Å². The van der Waals surface area contributed by atoms with Crippen LogP contribution in [0.2, 0.25) is 0 Å². The van der Waals surface area contributed by atoms with Crippen molar-refractivity contribution in [3.63, 3.8) is 0 Å². The molecule has 2 heterocycles. The lowest BCUT2D eigenvalue weighted by Crippen LogP contribution is -2.48. The van der Waals surface area contributed by atoms with E-state index in [4.69, 9.17) is 10.5 Å². The van der Waals surface area contributed by atoms with Crippen molar-refractivity contribution in [1.29, 1.82) is 0 Å². The quantitative estimate of drug-likeness (QED) is 0.816. The van der Waals surface area contributed by atoms with E-state index in [9.17, 15) is 9.59 Å². The summed E-state index contributed by atoms with van der Waals surface area (Å²) in [5.74, 6) is -0.377. The molecule has 0 bridgehead atoms. The van der Waals surface area contributed by atoms with Gasteiger partial charge in [-0.05, 0) is 43.4 Å². The second-order valence-electron chi connectivity index (χ2n) is 7.25. The molecule has 27 heavy (non-hydrogen) atoms. The lowest BCUT2D eigenvalue weighted by molar-refractivity contribution is 0.0572. The van der Waals surface area contributed by atoms with Crippen molar-refractivity contribution in [2.45, 2.75) is 31.1 Å². The molecule has 1 amide bonds. The molecule has 2 aliphatic rings. The molecule has 1 aromatic carbocycles. The Hall–Kier alpha value is -2.96. The average molecular weight is 366 g/mol. The largest absolute Gasteiger partial charge is 0.465 e. The predicted molar refractivity (Wildman–Crippen MR) is 99.4 cm³/mol. The molecule has 1 aliphatic carbocycles. The average Bonchev–Trinajstić information content (AvgIpc) is 3.04. The third-order valence-electron chi connectivity index (χ3n) is 5.69. The predicted octanol–water partition coefficient (Wildman–Crippen LogP) is 1.97. The lowest BCUT2D eigenvalue weighted by atomic mass is 9.77. The SMILES string of the molecule is COC(=O)c1ccccc1C(=O)N1CCCC2(CCc3cnc(N)nc32)C1. The highest BCUT2D eigenvalue weighted by molar-refractivity contribution is 6.05. The molecule has 1 spiro atoms. The second kappa shape index (κ2) is 6.64. The fourth-order valence-electron chi connectivity index (χ4n) is 4.39. The molecule has 1 aromatic heterocycles. The van der Waals surface area contributed by atoms with E-state index < -0.39 is 5.97 Å². The number of carbonyl (C=O) groups is 2. The van der Waals surface area contributed by atoms with E-state index >= 15 is 0 Å². The highest BCUT2D eigenvalue weighted by Crippen LogP contribution is 2.44. The van der Waals surface area contributed by atoms with E-state index in [1.165, 1.54) is 7.11 Å². The molecule has 4 rings (SSSR count). The summed E-state index contributed by atoms with van der Waals surface area (Å²) >= 11 is 0. The van der Waals surface area contributed by atoms with Crippen molar-refractivity contribution in [1.82, 2.24) is 14.9 Å².